The first-order valence-electron chi connectivity index (χ1n) is 5.44. The van der Waals surface area contributed by atoms with Gasteiger partial charge in [0.15, 0.2) is 0 Å². The van der Waals surface area contributed by atoms with Crippen molar-refractivity contribution < 1.29 is 4.39 Å². The predicted octanol–water partition coefficient (Wildman–Crippen LogP) is 4.08. The van der Waals surface area contributed by atoms with E-state index in [9.17, 15) is 4.39 Å². The van der Waals surface area contributed by atoms with E-state index in [4.69, 9.17) is 11.6 Å². The molecule has 82 valence electrons. The van der Waals surface area contributed by atoms with Crippen LogP contribution in [0.2, 0.25) is 5.02 Å². The molecule has 1 aliphatic carbocycles. The molecule has 0 atom stereocenters. The summed E-state index contributed by atoms with van der Waals surface area (Å²) in [7, 11) is 0. The minimum Gasteiger partial charge on any atom is -0.385 e. The molecule has 2 rings (SSSR count). The summed E-state index contributed by atoms with van der Waals surface area (Å²) in [6.45, 7) is 0.974. The van der Waals surface area contributed by atoms with Crippen molar-refractivity contribution in [2.24, 2.45) is 5.92 Å². The number of nitrogens with one attached hydrogen (secondary N) is 1. The average Bonchev–Trinajstić information content (AvgIpc) is 2.73. The Kier molecular flexibility index (Phi) is 3.47. The van der Waals surface area contributed by atoms with Crippen molar-refractivity contribution in [1.82, 2.24) is 0 Å². The summed E-state index contributed by atoms with van der Waals surface area (Å²) in [4.78, 5) is 0. The molecule has 1 aromatic rings. The molecule has 0 unspecified atom stereocenters. The van der Waals surface area contributed by atoms with Crippen molar-refractivity contribution in [2.75, 3.05) is 11.9 Å². The lowest BCUT2D eigenvalue weighted by atomic mass is 10.1. The summed E-state index contributed by atoms with van der Waals surface area (Å²) in [6.07, 6.45) is 5.30. The maximum Gasteiger partial charge on any atom is 0.141 e. The van der Waals surface area contributed by atoms with Crippen molar-refractivity contribution in [3.63, 3.8) is 0 Å². The molecule has 1 N–H and O–H groups in total. The molecule has 0 aliphatic heterocycles. The van der Waals surface area contributed by atoms with E-state index in [1.807, 2.05) is 0 Å². The van der Waals surface area contributed by atoms with Crippen LogP contribution in [-0.4, -0.2) is 6.54 Å². The molecule has 0 radical (unpaired) electrons. The Bertz CT molecular complexity index is 334. The molecular formula is C12H15ClFN. The number of hydrogen-bond acceptors (Lipinski definition) is 1. The van der Waals surface area contributed by atoms with Crippen molar-refractivity contribution in [3.8, 4) is 0 Å². The first-order chi connectivity index (χ1) is 7.25. The third-order valence-electron chi connectivity index (χ3n) is 2.99. The fourth-order valence-electron chi connectivity index (χ4n) is 2.08. The van der Waals surface area contributed by atoms with Crippen LogP contribution in [0.25, 0.3) is 0 Å². The van der Waals surface area contributed by atoms with E-state index in [1.54, 1.807) is 12.1 Å². The van der Waals surface area contributed by atoms with E-state index in [-0.39, 0.29) is 10.8 Å². The Labute approximate surface area is 94.6 Å². The van der Waals surface area contributed by atoms with Gasteiger partial charge in [0.05, 0.1) is 5.02 Å². The van der Waals surface area contributed by atoms with Gasteiger partial charge in [-0.15, -0.1) is 0 Å². The van der Waals surface area contributed by atoms with Gasteiger partial charge >= 0.3 is 0 Å². The maximum atomic E-state index is 12.9. The van der Waals surface area contributed by atoms with E-state index in [1.165, 1.54) is 31.7 Å². The lowest BCUT2D eigenvalue weighted by Gasteiger charge is -2.11. The third-order valence-corrected chi connectivity index (χ3v) is 3.28. The van der Waals surface area contributed by atoms with Crippen LogP contribution in [0.4, 0.5) is 10.1 Å². The quantitative estimate of drug-likeness (QED) is 0.821. The Morgan fingerprint density at radius 1 is 1.33 bits per heavy atom. The fraction of sp³-hybridized carbons (Fsp3) is 0.500. The minimum absolute atomic E-state index is 0.187. The van der Waals surface area contributed by atoms with Crippen LogP contribution in [0.3, 0.4) is 0 Å². The molecule has 3 heteroatoms. The first-order valence-corrected chi connectivity index (χ1v) is 5.82. The lowest BCUT2D eigenvalue weighted by Crippen LogP contribution is -2.10. The van der Waals surface area contributed by atoms with Gasteiger partial charge in [-0.25, -0.2) is 4.39 Å². The number of rotatable bonds is 3. The van der Waals surface area contributed by atoms with E-state index < -0.39 is 0 Å². The van der Waals surface area contributed by atoms with Gasteiger partial charge in [-0.05, 0) is 37.0 Å². The van der Waals surface area contributed by atoms with Crippen LogP contribution in [0, 0.1) is 11.7 Å². The second-order valence-electron chi connectivity index (χ2n) is 4.16. The Morgan fingerprint density at radius 3 is 2.73 bits per heavy atom. The number of anilines is 1. The van der Waals surface area contributed by atoms with Gasteiger partial charge in [0.25, 0.3) is 0 Å². The van der Waals surface area contributed by atoms with Gasteiger partial charge in [0, 0.05) is 12.2 Å². The van der Waals surface area contributed by atoms with Crippen LogP contribution in [0.1, 0.15) is 25.7 Å². The highest BCUT2D eigenvalue weighted by Crippen LogP contribution is 2.25. The van der Waals surface area contributed by atoms with Crippen molar-refractivity contribution in [1.29, 1.82) is 0 Å². The molecule has 0 bridgehead atoms. The summed E-state index contributed by atoms with van der Waals surface area (Å²) in [5.74, 6) is 0.414. The standard InChI is InChI=1S/C12H15ClFN/c13-11-7-10(5-6-12(11)14)15-8-9-3-1-2-4-9/h5-7,9,15H,1-4,8H2. The Balaban J connectivity index is 1.90. The minimum atomic E-state index is -0.358. The molecule has 15 heavy (non-hydrogen) atoms. The number of hydrogen-bond donors (Lipinski definition) is 1. The van der Waals surface area contributed by atoms with Gasteiger partial charge in [-0.3, -0.25) is 0 Å². The lowest BCUT2D eigenvalue weighted by molar-refractivity contribution is 0.579. The van der Waals surface area contributed by atoms with Crippen molar-refractivity contribution >= 4 is 17.3 Å². The molecule has 0 aromatic heterocycles. The molecule has 0 spiro atoms. The highest BCUT2D eigenvalue weighted by molar-refractivity contribution is 6.31. The maximum absolute atomic E-state index is 12.9. The summed E-state index contributed by atoms with van der Waals surface area (Å²) >= 11 is 5.69. The van der Waals surface area contributed by atoms with Gasteiger partial charge < -0.3 is 5.32 Å². The molecule has 1 fully saturated rings. The molecule has 1 saturated carbocycles. The molecule has 0 saturated heterocycles. The van der Waals surface area contributed by atoms with E-state index in [0.29, 0.717) is 0 Å². The van der Waals surface area contributed by atoms with Crippen LogP contribution < -0.4 is 5.32 Å². The van der Waals surface area contributed by atoms with Crippen LogP contribution in [0.5, 0.6) is 0 Å². The summed E-state index contributed by atoms with van der Waals surface area (Å²) in [5.41, 5.74) is 0.910. The number of benzene rings is 1. The van der Waals surface area contributed by atoms with Crippen LogP contribution in [0.15, 0.2) is 18.2 Å². The van der Waals surface area contributed by atoms with Crippen LogP contribution >= 0.6 is 11.6 Å². The molecule has 1 nitrogen and oxygen atoms in total. The summed E-state index contributed by atoms with van der Waals surface area (Å²) < 4.78 is 12.9. The summed E-state index contributed by atoms with van der Waals surface area (Å²) in [5, 5.41) is 3.49. The third kappa shape index (κ3) is 2.85. The van der Waals surface area contributed by atoms with Crippen molar-refractivity contribution in [2.45, 2.75) is 25.7 Å². The zero-order valence-corrected chi connectivity index (χ0v) is 9.36. The van der Waals surface area contributed by atoms with Crippen molar-refractivity contribution in [3.05, 3.63) is 29.0 Å². The Hall–Kier alpha value is -0.760. The normalized spacial score (nSPS) is 16.9. The predicted molar refractivity (Wildman–Crippen MR) is 61.9 cm³/mol. The molecule has 0 amide bonds. The SMILES string of the molecule is Fc1ccc(NCC2CCCC2)cc1Cl. The molecule has 1 aromatic carbocycles. The second-order valence-corrected chi connectivity index (χ2v) is 4.57. The van der Waals surface area contributed by atoms with Crippen LogP contribution in [-0.2, 0) is 0 Å². The molecular weight excluding hydrogens is 213 g/mol. The monoisotopic (exact) mass is 227 g/mol. The topological polar surface area (TPSA) is 12.0 Å². The zero-order valence-electron chi connectivity index (χ0n) is 8.60. The van der Waals surface area contributed by atoms with E-state index in [0.717, 1.165) is 18.2 Å². The largest absolute Gasteiger partial charge is 0.385 e. The van der Waals surface area contributed by atoms with Gasteiger partial charge in [-0.2, -0.15) is 0 Å². The molecule has 0 heterocycles. The highest BCUT2D eigenvalue weighted by Gasteiger charge is 2.14. The highest BCUT2D eigenvalue weighted by atomic mass is 35.5. The average molecular weight is 228 g/mol. The molecule has 1 aliphatic rings. The van der Waals surface area contributed by atoms with E-state index in [2.05, 4.69) is 5.32 Å². The van der Waals surface area contributed by atoms with E-state index >= 15 is 0 Å². The van der Waals surface area contributed by atoms with Gasteiger partial charge in [0.1, 0.15) is 5.82 Å². The smallest absolute Gasteiger partial charge is 0.141 e. The zero-order chi connectivity index (χ0) is 10.7. The van der Waals surface area contributed by atoms with Gasteiger partial charge in [-0.1, -0.05) is 24.4 Å². The first kappa shape index (κ1) is 10.7. The Morgan fingerprint density at radius 2 is 2.07 bits per heavy atom. The van der Waals surface area contributed by atoms with Gasteiger partial charge in [0.2, 0.25) is 0 Å². The number of halogens is 2. The fourth-order valence-corrected chi connectivity index (χ4v) is 2.26. The summed E-state index contributed by atoms with van der Waals surface area (Å²) in [6, 6.07) is 4.78. The second kappa shape index (κ2) is 4.84.